The molecule has 0 fully saturated rings. The van der Waals surface area contributed by atoms with Crippen molar-refractivity contribution >= 4 is 11.8 Å². The van der Waals surface area contributed by atoms with Gasteiger partial charge in [0.15, 0.2) is 0 Å². The number of aromatic nitrogens is 1. The second kappa shape index (κ2) is 9.03. The van der Waals surface area contributed by atoms with E-state index in [1.54, 1.807) is 24.5 Å². The van der Waals surface area contributed by atoms with E-state index in [9.17, 15) is 9.59 Å². The van der Waals surface area contributed by atoms with Gasteiger partial charge in [-0.3, -0.25) is 14.6 Å². The minimum Gasteiger partial charge on any atom is -0.379 e. The zero-order valence-electron chi connectivity index (χ0n) is 11.9. The van der Waals surface area contributed by atoms with Crippen LogP contribution < -0.4 is 10.6 Å². The molecular formula is C14H21N3O3. The van der Waals surface area contributed by atoms with E-state index in [-0.39, 0.29) is 6.10 Å². The minimum absolute atomic E-state index is 0.175. The van der Waals surface area contributed by atoms with Crippen LogP contribution >= 0.6 is 0 Å². The number of hydrogen-bond acceptors (Lipinski definition) is 4. The summed E-state index contributed by atoms with van der Waals surface area (Å²) >= 11 is 0. The van der Waals surface area contributed by atoms with Crippen molar-refractivity contribution in [1.82, 2.24) is 15.6 Å². The number of pyridine rings is 1. The van der Waals surface area contributed by atoms with Crippen molar-refractivity contribution in [3.8, 4) is 0 Å². The standard InChI is InChI=1S/C14H21N3O3/c1-11(2)20-9-3-6-16-13(18)14(19)17-10-12-4-7-15-8-5-12/h4-5,7-8,11H,3,6,9-10H2,1-2H3,(H,16,18)(H,17,19). The van der Waals surface area contributed by atoms with Gasteiger partial charge in [0.05, 0.1) is 6.10 Å². The normalized spacial score (nSPS) is 10.3. The molecule has 1 heterocycles. The predicted molar refractivity (Wildman–Crippen MR) is 74.8 cm³/mol. The van der Waals surface area contributed by atoms with Gasteiger partial charge in [0.1, 0.15) is 0 Å². The van der Waals surface area contributed by atoms with Crippen molar-refractivity contribution in [2.24, 2.45) is 0 Å². The molecule has 110 valence electrons. The summed E-state index contributed by atoms with van der Waals surface area (Å²) in [5.41, 5.74) is 0.895. The molecule has 0 atom stereocenters. The third-order valence-corrected chi connectivity index (χ3v) is 2.47. The summed E-state index contributed by atoms with van der Waals surface area (Å²) in [7, 11) is 0. The number of ether oxygens (including phenoxy) is 1. The molecule has 0 aromatic carbocycles. The van der Waals surface area contributed by atoms with Gasteiger partial charge in [-0.15, -0.1) is 0 Å². The Kier molecular flexibility index (Phi) is 7.27. The molecule has 1 rings (SSSR count). The van der Waals surface area contributed by atoms with Crippen molar-refractivity contribution in [1.29, 1.82) is 0 Å². The molecule has 0 radical (unpaired) electrons. The maximum atomic E-state index is 11.5. The van der Waals surface area contributed by atoms with Crippen LogP contribution in [0, 0.1) is 0 Å². The van der Waals surface area contributed by atoms with E-state index >= 15 is 0 Å². The summed E-state index contributed by atoms with van der Waals surface area (Å²) in [5, 5.41) is 5.10. The van der Waals surface area contributed by atoms with Gasteiger partial charge in [-0.1, -0.05) is 0 Å². The van der Waals surface area contributed by atoms with Crippen molar-refractivity contribution in [2.45, 2.75) is 32.9 Å². The highest BCUT2D eigenvalue weighted by Crippen LogP contribution is 1.94. The number of nitrogens with one attached hydrogen (secondary N) is 2. The van der Waals surface area contributed by atoms with Gasteiger partial charge in [0.2, 0.25) is 0 Å². The average Bonchev–Trinajstić information content (AvgIpc) is 2.45. The van der Waals surface area contributed by atoms with E-state index in [1.165, 1.54) is 0 Å². The fraction of sp³-hybridized carbons (Fsp3) is 0.500. The third kappa shape index (κ3) is 6.84. The first-order valence-corrected chi connectivity index (χ1v) is 6.66. The highest BCUT2D eigenvalue weighted by Gasteiger charge is 2.11. The Morgan fingerprint density at radius 2 is 1.85 bits per heavy atom. The summed E-state index contributed by atoms with van der Waals surface area (Å²) < 4.78 is 5.33. The third-order valence-electron chi connectivity index (χ3n) is 2.47. The Hall–Kier alpha value is -1.95. The molecule has 1 aromatic heterocycles. The number of rotatable bonds is 7. The van der Waals surface area contributed by atoms with E-state index in [2.05, 4.69) is 15.6 Å². The molecule has 1 aromatic rings. The molecule has 0 spiro atoms. The van der Waals surface area contributed by atoms with Crippen LogP contribution in [0.1, 0.15) is 25.8 Å². The number of carbonyl (C=O) groups excluding carboxylic acids is 2. The predicted octanol–water partition coefficient (Wildman–Crippen LogP) is 0.629. The van der Waals surface area contributed by atoms with Gasteiger partial charge in [-0.05, 0) is 38.0 Å². The molecule has 0 aliphatic carbocycles. The fourth-order valence-corrected chi connectivity index (χ4v) is 1.44. The first-order chi connectivity index (χ1) is 9.59. The van der Waals surface area contributed by atoms with Crippen LogP contribution in [0.3, 0.4) is 0 Å². The lowest BCUT2D eigenvalue weighted by Gasteiger charge is -2.08. The summed E-state index contributed by atoms with van der Waals surface area (Å²) in [6.45, 7) is 5.20. The van der Waals surface area contributed by atoms with Crippen LogP contribution in [-0.4, -0.2) is 36.1 Å². The molecule has 0 bridgehead atoms. The highest BCUT2D eigenvalue weighted by molar-refractivity contribution is 6.35. The van der Waals surface area contributed by atoms with Crippen LogP contribution in [0.15, 0.2) is 24.5 Å². The number of nitrogens with zero attached hydrogens (tertiary/aromatic N) is 1. The van der Waals surface area contributed by atoms with Gasteiger partial charge < -0.3 is 15.4 Å². The van der Waals surface area contributed by atoms with Crippen LogP contribution in [0.4, 0.5) is 0 Å². The van der Waals surface area contributed by atoms with E-state index in [4.69, 9.17) is 4.74 Å². The van der Waals surface area contributed by atoms with E-state index < -0.39 is 11.8 Å². The van der Waals surface area contributed by atoms with E-state index in [0.29, 0.717) is 26.1 Å². The molecule has 0 aliphatic rings. The fourth-order valence-electron chi connectivity index (χ4n) is 1.44. The molecule has 6 heteroatoms. The SMILES string of the molecule is CC(C)OCCCNC(=O)C(=O)NCc1ccncc1. The highest BCUT2D eigenvalue weighted by atomic mass is 16.5. The van der Waals surface area contributed by atoms with Gasteiger partial charge in [-0.2, -0.15) is 0 Å². The molecule has 6 nitrogen and oxygen atoms in total. The first-order valence-electron chi connectivity index (χ1n) is 6.66. The number of hydrogen-bond donors (Lipinski definition) is 2. The molecule has 0 aliphatic heterocycles. The van der Waals surface area contributed by atoms with E-state index in [0.717, 1.165) is 5.56 Å². The Bertz CT molecular complexity index is 421. The van der Waals surface area contributed by atoms with Crippen LogP contribution in [0.25, 0.3) is 0 Å². The molecular weight excluding hydrogens is 258 g/mol. The molecule has 2 N–H and O–H groups in total. The Balaban J connectivity index is 2.15. The quantitative estimate of drug-likeness (QED) is 0.566. The average molecular weight is 279 g/mol. The summed E-state index contributed by atoms with van der Waals surface area (Å²) in [5.74, 6) is -1.25. The largest absolute Gasteiger partial charge is 0.379 e. The monoisotopic (exact) mass is 279 g/mol. The van der Waals surface area contributed by atoms with Gasteiger partial charge in [0.25, 0.3) is 0 Å². The van der Waals surface area contributed by atoms with Crippen LogP contribution in [0.2, 0.25) is 0 Å². The maximum absolute atomic E-state index is 11.5. The second-order valence-electron chi connectivity index (χ2n) is 4.57. The number of carbonyl (C=O) groups is 2. The first kappa shape index (κ1) is 16.1. The van der Waals surface area contributed by atoms with Crippen molar-refractivity contribution in [3.05, 3.63) is 30.1 Å². The van der Waals surface area contributed by atoms with Crippen molar-refractivity contribution in [2.75, 3.05) is 13.2 Å². The lowest BCUT2D eigenvalue weighted by atomic mass is 10.3. The molecule has 0 unspecified atom stereocenters. The summed E-state index contributed by atoms with van der Waals surface area (Å²) in [6, 6.07) is 3.56. The van der Waals surface area contributed by atoms with Crippen LogP contribution in [-0.2, 0) is 20.9 Å². The lowest BCUT2D eigenvalue weighted by Crippen LogP contribution is -2.40. The van der Waals surface area contributed by atoms with Crippen molar-refractivity contribution in [3.63, 3.8) is 0 Å². The Morgan fingerprint density at radius 3 is 2.50 bits per heavy atom. The zero-order valence-corrected chi connectivity index (χ0v) is 11.9. The van der Waals surface area contributed by atoms with Crippen molar-refractivity contribution < 1.29 is 14.3 Å². The smallest absolute Gasteiger partial charge is 0.309 e. The maximum Gasteiger partial charge on any atom is 0.309 e. The van der Waals surface area contributed by atoms with Crippen LogP contribution in [0.5, 0.6) is 0 Å². The number of amides is 2. The van der Waals surface area contributed by atoms with E-state index in [1.807, 2.05) is 13.8 Å². The minimum atomic E-state index is -0.633. The molecule has 20 heavy (non-hydrogen) atoms. The van der Waals surface area contributed by atoms with Gasteiger partial charge in [-0.25, -0.2) is 0 Å². The molecule has 0 saturated carbocycles. The zero-order chi connectivity index (χ0) is 14.8. The lowest BCUT2D eigenvalue weighted by molar-refractivity contribution is -0.139. The second-order valence-corrected chi connectivity index (χ2v) is 4.57. The summed E-state index contributed by atoms with van der Waals surface area (Å²) in [6.07, 6.45) is 4.13. The molecule has 0 saturated heterocycles. The Morgan fingerprint density at radius 1 is 1.20 bits per heavy atom. The summed E-state index contributed by atoms with van der Waals surface area (Å²) in [4.78, 5) is 26.9. The topological polar surface area (TPSA) is 80.3 Å². The van der Waals surface area contributed by atoms with Gasteiger partial charge in [0, 0.05) is 32.1 Å². The Labute approximate surface area is 118 Å². The van der Waals surface area contributed by atoms with Gasteiger partial charge >= 0.3 is 11.8 Å². The molecule has 2 amide bonds.